The summed E-state index contributed by atoms with van der Waals surface area (Å²) in [7, 11) is 0. The summed E-state index contributed by atoms with van der Waals surface area (Å²) in [5, 5.41) is 0. The molecular weight excluding hydrogens is 469 g/mol. The van der Waals surface area contributed by atoms with Gasteiger partial charge in [-0.25, -0.2) is 0 Å². The van der Waals surface area contributed by atoms with Gasteiger partial charge >= 0.3 is 0 Å². The van der Waals surface area contributed by atoms with Crippen LogP contribution in [0, 0.1) is 3.57 Å². The van der Waals surface area contributed by atoms with E-state index in [1.54, 1.807) is 0 Å². The van der Waals surface area contributed by atoms with Crippen LogP contribution in [0.25, 0.3) is 16.8 Å². The van der Waals surface area contributed by atoms with E-state index >= 15 is 0 Å². The number of aliphatic imine (C=N–C) groups is 1. The Morgan fingerprint density at radius 1 is 0.759 bits per heavy atom. The molecule has 0 bridgehead atoms. The molecule has 2 aliphatic heterocycles. The number of hydrogen-bond donors (Lipinski definition) is 0. The van der Waals surface area contributed by atoms with Crippen molar-refractivity contribution in [3.8, 4) is 11.1 Å². The Bertz CT molecular complexity index is 1070. The second-order valence-electron chi connectivity index (χ2n) is 7.32. The summed E-state index contributed by atoms with van der Waals surface area (Å²) in [6, 6.07) is 27.9. The van der Waals surface area contributed by atoms with E-state index < -0.39 is 0 Å². The van der Waals surface area contributed by atoms with Gasteiger partial charge < -0.3 is 4.90 Å². The highest BCUT2D eigenvalue weighted by atomic mass is 127. The number of halogens is 1. The van der Waals surface area contributed by atoms with Crippen molar-refractivity contribution < 1.29 is 0 Å². The highest BCUT2D eigenvalue weighted by molar-refractivity contribution is 14.1. The lowest BCUT2D eigenvalue weighted by Crippen LogP contribution is -2.34. The molecule has 2 heterocycles. The highest BCUT2D eigenvalue weighted by Gasteiger charge is 2.31. The van der Waals surface area contributed by atoms with Crippen molar-refractivity contribution in [3.63, 3.8) is 0 Å². The predicted molar refractivity (Wildman–Crippen MR) is 130 cm³/mol. The third-order valence-electron chi connectivity index (χ3n) is 5.44. The van der Waals surface area contributed by atoms with E-state index in [2.05, 4.69) is 117 Å². The van der Waals surface area contributed by atoms with Gasteiger partial charge in [0.2, 0.25) is 5.96 Å². The highest BCUT2D eigenvalue weighted by Crippen LogP contribution is 2.35. The summed E-state index contributed by atoms with van der Waals surface area (Å²) in [5.41, 5.74) is 6.13. The van der Waals surface area contributed by atoms with Crippen LogP contribution in [0.4, 0.5) is 5.69 Å². The minimum atomic E-state index is 0.886. The standard InChI is InChI=1S/C25H22IN3/c26-23-11-5-4-10-22(23)24-18-29(25-27-16-6-7-17-28(24)25)21-14-12-20(13-15-21)19-8-2-1-3-9-19/h1-5,8-15,18H,6-7,16-17H2. The second-order valence-corrected chi connectivity index (χ2v) is 8.48. The van der Waals surface area contributed by atoms with Crippen molar-refractivity contribution >= 4 is 39.9 Å². The van der Waals surface area contributed by atoms with Gasteiger partial charge in [-0.15, -0.1) is 0 Å². The molecule has 0 fully saturated rings. The van der Waals surface area contributed by atoms with Gasteiger partial charge in [0.25, 0.3) is 0 Å². The van der Waals surface area contributed by atoms with Gasteiger partial charge in [-0.3, -0.25) is 9.89 Å². The Kier molecular flexibility index (Phi) is 5.10. The lowest BCUT2D eigenvalue weighted by atomic mass is 10.1. The molecule has 0 saturated carbocycles. The molecular formula is C25H22IN3. The quantitative estimate of drug-likeness (QED) is 0.405. The van der Waals surface area contributed by atoms with Crippen molar-refractivity contribution in [3.05, 3.63) is 94.2 Å². The van der Waals surface area contributed by atoms with Crippen LogP contribution in [-0.4, -0.2) is 23.9 Å². The fraction of sp³-hybridized carbons (Fsp3) is 0.160. The van der Waals surface area contributed by atoms with E-state index in [4.69, 9.17) is 4.99 Å². The summed E-state index contributed by atoms with van der Waals surface area (Å²) in [6.45, 7) is 1.89. The zero-order valence-electron chi connectivity index (χ0n) is 16.1. The van der Waals surface area contributed by atoms with E-state index in [1.807, 2.05) is 0 Å². The van der Waals surface area contributed by atoms with Crippen LogP contribution < -0.4 is 4.90 Å². The number of benzene rings is 3. The Labute approximate surface area is 185 Å². The normalized spacial score (nSPS) is 16.2. The van der Waals surface area contributed by atoms with E-state index in [-0.39, 0.29) is 0 Å². The number of nitrogens with zero attached hydrogens (tertiary/aromatic N) is 3. The molecule has 144 valence electrons. The molecule has 0 aliphatic carbocycles. The summed E-state index contributed by atoms with van der Waals surface area (Å²) >= 11 is 2.43. The van der Waals surface area contributed by atoms with Crippen LogP contribution in [0.15, 0.2) is 90.1 Å². The molecule has 0 aromatic heterocycles. The average molecular weight is 491 g/mol. The maximum Gasteiger partial charge on any atom is 0.210 e. The SMILES string of the molecule is Ic1ccccc1C1=CN(c2ccc(-c3ccccc3)cc2)C2=NCCCCN12. The maximum atomic E-state index is 4.94. The monoisotopic (exact) mass is 491 g/mol. The van der Waals surface area contributed by atoms with Gasteiger partial charge in [0.1, 0.15) is 0 Å². The van der Waals surface area contributed by atoms with E-state index in [0.29, 0.717) is 0 Å². The minimum Gasteiger partial charge on any atom is -0.310 e. The Balaban J connectivity index is 1.54. The maximum absolute atomic E-state index is 4.94. The van der Waals surface area contributed by atoms with Gasteiger partial charge in [-0.05, 0) is 64.8 Å². The minimum absolute atomic E-state index is 0.886. The first kappa shape index (κ1) is 18.4. The van der Waals surface area contributed by atoms with Crippen molar-refractivity contribution in [2.45, 2.75) is 12.8 Å². The fourth-order valence-corrected chi connectivity index (χ4v) is 4.61. The molecule has 0 saturated heterocycles. The number of hydrogen-bond acceptors (Lipinski definition) is 3. The average Bonchev–Trinajstić information content (AvgIpc) is 2.95. The van der Waals surface area contributed by atoms with Crippen LogP contribution in [0.5, 0.6) is 0 Å². The van der Waals surface area contributed by atoms with Crippen molar-refractivity contribution in [1.82, 2.24) is 4.90 Å². The van der Waals surface area contributed by atoms with Gasteiger partial charge in [0.05, 0.1) is 5.70 Å². The molecule has 0 unspecified atom stereocenters. The Morgan fingerprint density at radius 2 is 1.48 bits per heavy atom. The van der Waals surface area contributed by atoms with Crippen LogP contribution in [0.2, 0.25) is 0 Å². The topological polar surface area (TPSA) is 18.8 Å². The molecule has 0 radical (unpaired) electrons. The molecule has 3 aromatic rings. The molecule has 5 rings (SSSR count). The molecule has 0 spiro atoms. The van der Waals surface area contributed by atoms with Crippen LogP contribution in [0.1, 0.15) is 18.4 Å². The van der Waals surface area contributed by atoms with Gasteiger partial charge in [-0.2, -0.15) is 0 Å². The molecule has 29 heavy (non-hydrogen) atoms. The lowest BCUT2D eigenvalue weighted by Gasteiger charge is -2.24. The smallest absolute Gasteiger partial charge is 0.210 e. The van der Waals surface area contributed by atoms with Crippen molar-refractivity contribution in [2.75, 3.05) is 18.0 Å². The fourth-order valence-electron chi connectivity index (χ4n) is 3.95. The second kappa shape index (κ2) is 8.03. The summed E-state index contributed by atoms with van der Waals surface area (Å²) in [4.78, 5) is 9.58. The summed E-state index contributed by atoms with van der Waals surface area (Å²) < 4.78 is 1.27. The first-order chi connectivity index (χ1) is 14.3. The first-order valence-corrected chi connectivity index (χ1v) is 11.1. The van der Waals surface area contributed by atoms with E-state index in [0.717, 1.165) is 37.6 Å². The predicted octanol–water partition coefficient (Wildman–Crippen LogP) is 6.23. The van der Waals surface area contributed by atoms with Crippen LogP contribution in [0.3, 0.4) is 0 Å². The summed E-state index contributed by atoms with van der Waals surface area (Å²) in [5.74, 6) is 1.05. The Hall–Kier alpha value is -2.60. The van der Waals surface area contributed by atoms with E-state index in [9.17, 15) is 0 Å². The number of rotatable bonds is 3. The molecule has 3 nitrogen and oxygen atoms in total. The third kappa shape index (κ3) is 3.57. The van der Waals surface area contributed by atoms with Gasteiger partial charge in [0.15, 0.2) is 0 Å². The molecule has 0 amide bonds. The zero-order valence-corrected chi connectivity index (χ0v) is 18.3. The van der Waals surface area contributed by atoms with Crippen LogP contribution >= 0.6 is 22.6 Å². The molecule has 0 atom stereocenters. The first-order valence-electron chi connectivity index (χ1n) is 10.0. The number of guanidine groups is 1. The number of anilines is 1. The molecule has 0 N–H and O–H groups in total. The Morgan fingerprint density at radius 3 is 2.28 bits per heavy atom. The van der Waals surface area contributed by atoms with Crippen molar-refractivity contribution in [1.29, 1.82) is 0 Å². The third-order valence-corrected chi connectivity index (χ3v) is 6.39. The molecule has 4 heteroatoms. The summed E-state index contributed by atoms with van der Waals surface area (Å²) in [6.07, 6.45) is 4.55. The van der Waals surface area contributed by atoms with Crippen molar-refractivity contribution in [2.24, 2.45) is 4.99 Å². The molecule has 2 aliphatic rings. The van der Waals surface area contributed by atoms with Gasteiger partial charge in [0, 0.05) is 34.1 Å². The number of fused-ring (bicyclic) bond motifs is 1. The molecule has 3 aromatic carbocycles. The van der Waals surface area contributed by atoms with Gasteiger partial charge in [-0.1, -0.05) is 60.7 Å². The lowest BCUT2D eigenvalue weighted by molar-refractivity contribution is 0.565. The zero-order chi connectivity index (χ0) is 19.6. The van der Waals surface area contributed by atoms with Crippen LogP contribution in [-0.2, 0) is 0 Å². The largest absolute Gasteiger partial charge is 0.310 e. The van der Waals surface area contributed by atoms with E-state index in [1.165, 1.54) is 26.0 Å².